The summed E-state index contributed by atoms with van der Waals surface area (Å²) in [6.45, 7) is 3.01. The normalized spacial score (nSPS) is 14.3. The maximum absolute atomic E-state index is 13.6. The third-order valence-electron chi connectivity index (χ3n) is 7.32. The van der Waals surface area contributed by atoms with Gasteiger partial charge in [-0.05, 0) is 37.1 Å². The van der Waals surface area contributed by atoms with E-state index in [9.17, 15) is 9.59 Å². The number of likely N-dealkylation sites (tertiary alicyclic amines) is 1. The number of likely N-dealkylation sites (N-methyl/N-ethyl adjacent to an activating group) is 1. The Labute approximate surface area is 218 Å². The lowest BCUT2D eigenvalue weighted by molar-refractivity contribution is -0.122. The van der Waals surface area contributed by atoms with Crippen molar-refractivity contribution in [1.82, 2.24) is 19.7 Å². The van der Waals surface area contributed by atoms with Gasteiger partial charge < -0.3 is 14.8 Å². The molecule has 0 unspecified atom stereocenters. The van der Waals surface area contributed by atoms with E-state index in [1.54, 1.807) is 0 Å². The zero-order valence-electron chi connectivity index (χ0n) is 21.3. The lowest BCUT2D eigenvalue weighted by Crippen LogP contribution is -2.47. The number of carbonyl (C=O) groups excluding carboxylic acids is 2. The Balaban J connectivity index is 1.18. The summed E-state index contributed by atoms with van der Waals surface area (Å²) < 4.78 is 2.17. The number of para-hydroxylation sites is 1. The number of fused-ring (bicyclic) bond motifs is 1. The Hall–Kier alpha value is -3.90. The second kappa shape index (κ2) is 11.4. The summed E-state index contributed by atoms with van der Waals surface area (Å²) in [4.78, 5) is 30.1. The van der Waals surface area contributed by atoms with Crippen LogP contribution in [0.1, 0.15) is 34.3 Å². The number of hydrogen-bond acceptors (Lipinski definition) is 3. The highest BCUT2D eigenvalue weighted by Crippen LogP contribution is 2.25. The van der Waals surface area contributed by atoms with Crippen LogP contribution in [0.4, 0.5) is 0 Å². The van der Waals surface area contributed by atoms with E-state index in [-0.39, 0.29) is 17.9 Å². The summed E-state index contributed by atoms with van der Waals surface area (Å²) in [6.07, 6.45) is 3.73. The van der Waals surface area contributed by atoms with Gasteiger partial charge in [-0.25, -0.2) is 0 Å². The average molecular weight is 495 g/mol. The molecule has 2 heterocycles. The average Bonchev–Trinajstić information content (AvgIpc) is 3.31. The fourth-order valence-electron chi connectivity index (χ4n) is 5.22. The van der Waals surface area contributed by atoms with Crippen molar-refractivity contribution in [2.45, 2.75) is 32.0 Å². The van der Waals surface area contributed by atoms with Gasteiger partial charge in [0, 0.05) is 49.3 Å². The van der Waals surface area contributed by atoms with E-state index in [2.05, 4.69) is 33.0 Å². The zero-order chi connectivity index (χ0) is 25.6. The molecule has 0 radical (unpaired) electrons. The van der Waals surface area contributed by atoms with E-state index in [1.807, 2.05) is 84.9 Å². The minimum atomic E-state index is 0.0242. The third-order valence-corrected chi connectivity index (χ3v) is 7.32. The summed E-state index contributed by atoms with van der Waals surface area (Å²) in [5, 5.41) is 4.00. The fourth-order valence-corrected chi connectivity index (χ4v) is 5.22. The molecule has 0 spiro atoms. The van der Waals surface area contributed by atoms with Gasteiger partial charge in [0.25, 0.3) is 5.91 Å². The van der Waals surface area contributed by atoms with Gasteiger partial charge in [-0.2, -0.15) is 0 Å². The second-order valence-corrected chi connectivity index (χ2v) is 9.87. The molecule has 0 saturated carbocycles. The van der Waals surface area contributed by atoms with E-state index in [0.29, 0.717) is 26.2 Å². The predicted molar refractivity (Wildman–Crippen MR) is 147 cm³/mol. The van der Waals surface area contributed by atoms with Crippen molar-refractivity contribution in [3.05, 3.63) is 108 Å². The lowest BCUT2D eigenvalue weighted by Gasteiger charge is -2.36. The monoisotopic (exact) mass is 494 g/mol. The van der Waals surface area contributed by atoms with Gasteiger partial charge in [0.05, 0.1) is 12.1 Å². The molecule has 1 aromatic heterocycles. The van der Waals surface area contributed by atoms with Crippen LogP contribution in [0.25, 0.3) is 10.9 Å². The van der Waals surface area contributed by atoms with E-state index in [4.69, 9.17) is 0 Å². The van der Waals surface area contributed by atoms with Crippen LogP contribution in [0.3, 0.4) is 0 Å². The number of amides is 2. The highest BCUT2D eigenvalue weighted by molar-refractivity contribution is 6.07. The first-order valence-corrected chi connectivity index (χ1v) is 13.0. The smallest absolute Gasteiger partial charge is 0.256 e. The van der Waals surface area contributed by atoms with E-state index in [1.165, 1.54) is 5.56 Å². The maximum Gasteiger partial charge on any atom is 0.256 e. The number of nitrogens with zero attached hydrogens (tertiary/aromatic N) is 3. The number of hydrogen-bond donors (Lipinski definition) is 1. The summed E-state index contributed by atoms with van der Waals surface area (Å²) >= 11 is 0. The molecule has 1 fully saturated rings. The Bertz CT molecular complexity index is 1340. The van der Waals surface area contributed by atoms with Crippen molar-refractivity contribution in [2.75, 3.05) is 26.7 Å². The molecule has 2 amide bonds. The summed E-state index contributed by atoms with van der Waals surface area (Å²) in [5.74, 6) is 0.112. The second-order valence-electron chi connectivity index (χ2n) is 9.87. The van der Waals surface area contributed by atoms with Gasteiger partial charge in [-0.3, -0.25) is 14.5 Å². The van der Waals surface area contributed by atoms with Crippen LogP contribution in [0.15, 0.2) is 91.1 Å². The number of piperidine rings is 1. The lowest BCUT2D eigenvalue weighted by atomic mass is 10.0. The van der Waals surface area contributed by atoms with Gasteiger partial charge in [-0.15, -0.1) is 0 Å². The van der Waals surface area contributed by atoms with Crippen LogP contribution in [-0.2, 0) is 17.9 Å². The molecule has 190 valence electrons. The van der Waals surface area contributed by atoms with Crippen molar-refractivity contribution >= 4 is 22.7 Å². The molecular formula is C31H34N4O2. The van der Waals surface area contributed by atoms with Gasteiger partial charge in [-0.1, -0.05) is 78.9 Å². The highest BCUT2D eigenvalue weighted by atomic mass is 16.2. The first-order valence-electron chi connectivity index (χ1n) is 13.0. The number of carbonyl (C=O) groups is 2. The van der Waals surface area contributed by atoms with Crippen LogP contribution < -0.4 is 5.32 Å². The van der Waals surface area contributed by atoms with Crippen LogP contribution >= 0.6 is 0 Å². The van der Waals surface area contributed by atoms with Crippen LogP contribution in [0.5, 0.6) is 0 Å². The van der Waals surface area contributed by atoms with Gasteiger partial charge in [0.2, 0.25) is 5.91 Å². The largest absolute Gasteiger partial charge is 0.351 e. The standard InChI is InChI=1S/C31H34N4O2/c1-33(23-30(36)32-20-24-10-4-2-5-11-24)26-16-18-34(19-17-26)31(37)28-22-35(21-25-12-6-3-7-13-25)29-15-9-8-14-27(28)29/h2-15,22,26H,16-21,23H2,1H3,(H,32,36). The Morgan fingerprint density at radius 1 is 0.865 bits per heavy atom. The molecule has 0 atom stereocenters. The van der Waals surface area contributed by atoms with Crippen molar-refractivity contribution in [1.29, 1.82) is 0 Å². The molecule has 1 N–H and O–H groups in total. The fraction of sp³-hybridized carbons (Fsp3) is 0.290. The minimum Gasteiger partial charge on any atom is -0.351 e. The van der Waals surface area contributed by atoms with E-state index >= 15 is 0 Å². The van der Waals surface area contributed by atoms with Gasteiger partial charge >= 0.3 is 0 Å². The zero-order valence-corrected chi connectivity index (χ0v) is 21.3. The molecule has 0 bridgehead atoms. The molecule has 6 heteroatoms. The predicted octanol–water partition coefficient (Wildman–Crippen LogP) is 4.54. The molecule has 1 aliphatic rings. The topological polar surface area (TPSA) is 57.6 Å². The maximum atomic E-state index is 13.6. The molecule has 3 aromatic carbocycles. The number of aromatic nitrogens is 1. The molecule has 4 aromatic rings. The first kappa shape index (κ1) is 24.8. The quantitative estimate of drug-likeness (QED) is 0.391. The molecule has 0 aliphatic carbocycles. The van der Waals surface area contributed by atoms with Crippen LogP contribution in [-0.4, -0.2) is 58.9 Å². The van der Waals surface area contributed by atoms with Crippen LogP contribution in [0, 0.1) is 0 Å². The summed E-state index contributed by atoms with van der Waals surface area (Å²) in [7, 11) is 2.00. The van der Waals surface area contributed by atoms with Crippen molar-refractivity contribution in [3.63, 3.8) is 0 Å². The van der Waals surface area contributed by atoms with Crippen molar-refractivity contribution in [2.24, 2.45) is 0 Å². The Kier molecular flexibility index (Phi) is 7.66. The molecule has 6 nitrogen and oxygen atoms in total. The SMILES string of the molecule is CN(CC(=O)NCc1ccccc1)C1CCN(C(=O)c2cn(Cc3ccccc3)c3ccccc23)CC1. The van der Waals surface area contributed by atoms with Crippen molar-refractivity contribution in [3.8, 4) is 0 Å². The molecule has 37 heavy (non-hydrogen) atoms. The highest BCUT2D eigenvalue weighted by Gasteiger charge is 2.28. The van der Waals surface area contributed by atoms with Crippen LogP contribution in [0.2, 0.25) is 0 Å². The van der Waals surface area contributed by atoms with E-state index in [0.717, 1.165) is 41.4 Å². The minimum absolute atomic E-state index is 0.0242. The Morgan fingerprint density at radius 3 is 2.19 bits per heavy atom. The molecular weight excluding hydrogens is 460 g/mol. The number of rotatable bonds is 8. The van der Waals surface area contributed by atoms with E-state index < -0.39 is 0 Å². The number of benzene rings is 3. The molecule has 5 rings (SSSR count). The molecule has 1 saturated heterocycles. The number of nitrogens with one attached hydrogen (secondary N) is 1. The van der Waals surface area contributed by atoms with Crippen molar-refractivity contribution < 1.29 is 9.59 Å². The summed E-state index contributed by atoms with van der Waals surface area (Å²) in [5.41, 5.74) is 4.14. The summed E-state index contributed by atoms with van der Waals surface area (Å²) in [6, 6.07) is 28.7. The molecule has 1 aliphatic heterocycles. The van der Waals surface area contributed by atoms with Gasteiger partial charge in [0.1, 0.15) is 0 Å². The Morgan fingerprint density at radius 2 is 1.49 bits per heavy atom. The first-order chi connectivity index (χ1) is 18.1. The third kappa shape index (κ3) is 5.92. The van der Waals surface area contributed by atoms with Gasteiger partial charge in [0.15, 0.2) is 0 Å².